The molecule has 1 rings (SSSR count). The Morgan fingerprint density at radius 1 is 1.19 bits per heavy atom. The highest BCUT2D eigenvalue weighted by Crippen LogP contribution is 2.09. The fourth-order valence-corrected chi connectivity index (χ4v) is 2.01. The van der Waals surface area contributed by atoms with Gasteiger partial charge in [0.2, 0.25) is 0 Å². The molecule has 0 radical (unpaired) electrons. The van der Waals surface area contributed by atoms with Crippen molar-refractivity contribution in [1.29, 1.82) is 0 Å². The Morgan fingerprint density at radius 3 is 2.12 bits per heavy atom. The van der Waals surface area contributed by atoms with Gasteiger partial charge in [-0.05, 0) is 19.1 Å². The highest BCUT2D eigenvalue weighted by Gasteiger charge is 2.17. The van der Waals surface area contributed by atoms with E-state index in [0.29, 0.717) is 0 Å². The third kappa shape index (κ3) is 2.96. The summed E-state index contributed by atoms with van der Waals surface area (Å²) in [7, 11) is -0.818. The highest BCUT2D eigenvalue weighted by atomic mass is 32.2. The van der Waals surface area contributed by atoms with Gasteiger partial charge in [-0.2, -0.15) is 0 Å². The van der Waals surface area contributed by atoms with Gasteiger partial charge in [-0.3, -0.25) is 0 Å². The summed E-state index contributed by atoms with van der Waals surface area (Å²) in [6, 6.07) is 5.60. The molecule has 0 aromatic heterocycles. The van der Waals surface area contributed by atoms with Gasteiger partial charge in [0.05, 0.1) is 4.90 Å². The van der Waals surface area contributed by atoms with E-state index >= 15 is 0 Å². The number of nitrogens with one attached hydrogen (secondary N) is 1. The second kappa shape index (κ2) is 4.52. The molecule has 0 fully saturated rings. The minimum Gasteiger partial charge on any atom is -0.330 e. The normalized spacial score (nSPS) is 10.9. The van der Waals surface area contributed by atoms with E-state index in [1.165, 1.54) is 26.2 Å². The van der Waals surface area contributed by atoms with Gasteiger partial charge in [0.25, 0.3) is 10.0 Å². The first-order valence-electron chi connectivity index (χ1n) is 4.64. The van der Waals surface area contributed by atoms with Crippen LogP contribution in [0.5, 0.6) is 0 Å². The first-order chi connectivity index (χ1) is 7.33. The van der Waals surface area contributed by atoms with E-state index in [-0.39, 0.29) is 4.90 Å². The Morgan fingerprint density at radius 2 is 1.69 bits per heavy atom. The standard InChI is InChI=1S/C10H14N2O3S/c1-8-4-6-9(7-5-8)16(14,15)11-10(13)12(2)3/h4-7H,1-3H3,(H,11,13). The van der Waals surface area contributed by atoms with Gasteiger partial charge in [-0.1, -0.05) is 17.7 Å². The lowest BCUT2D eigenvalue weighted by molar-refractivity contribution is 0.223. The van der Waals surface area contributed by atoms with Crippen molar-refractivity contribution in [3.63, 3.8) is 0 Å². The van der Waals surface area contributed by atoms with E-state index in [1.54, 1.807) is 12.1 Å². The molecule has 0 aliphatic heterocycles. The third-order valence-electron chi connectivity index (χ3n) is 1.96. The van der Waals surface area contributed by atoms with Crippen LogP contribution in [-0.4, -0.2) is 33.4 Å². The molecule has 88 valence electrons. The van der Waals surface area contributed by atoms with Gasteiger partial charge in [-0.25, -0.2) is 17.9 Å². The zero-order valence-corrected chi connectivity index (χ0v) is 10.2. The Kier molecular flexibility index (Phi) is 3.54. The summed E-state index contributed by atoms with van der Waals surface area (Å²) in [5.41, 5.74) is 0.956. The zero-order valence-electron chi connectivity index (χ0n) is 9.39. The van der Waals surface area contributed by atoms with Crippen LogP contribution in [0.4, 0.5) is 4.79 Å². The molecular weight excluding hydrogens is 228 g/mol. The van der Waals surface area contributed by atoms with E-state index in [1.807, 2.05) is 11.6 Å². The van der Waals surface area contributed by atoms with Gasteiger partial charge in [0.1, 0.15) is 0 Å². The first-order valence-corrected chi connectivity index (χ1v) is 6.12. The van der Waals surface area contributed by atoms with Gasteiger partial charge in [-0.15, -0.1) is 0 Å². The SMILES string of the molecule is Cc1ccc(S(=O)(=O)NC(=O)N(C)C)cc1. The lowest BCUT2D eigenvalue weighted by Gasteiger charge is -2.12. The van der Waals surface area contributed by atoms with E-state index in [9.17, 15) is 13.2 Å². The summed E-state index contributed by atoms with van der Waals surface area (Å²) in [6.45, 7) is 1.86. The maximum atomic E-state index is 11.7. The predicted octanol–water partition coefficient (Wildman–Crippen LogP) is 0.955. The number of carbonyl (C=O) groups excluding carboxylic acids is 1. The van der Waals surface area contributed by atoms with E-state index in [0.717, 1.165) is 10.5 Å². The Balaban J connectivity index is 2.95. The van der Waals surface area contributed by atoms with Crippen molar-refractivity contribution in [3.05, 3.63) is 29.8 Å². The van der Waals surface area contributed by atoms with Crippen LogP contribution in [0, 0.1) is 6.92 Å². The molecule has 6 heteroatoms. The average Bonchev–Trinajstić information content (AvgIpc) is 2.17. The fraction of sp³-hybridized carbons (Fsp3) is 0.300. The minimum absolute atomic E-state index is 0.0771. The fourth-order valence-electron chi connectivity index (χ4n) is 0.983. The lowest BCUT2D eigenvalue weighted by atomic mass is 10.2. The Hall–Kier alpha value is -1.56. The second-order valence-corrected chi connectivity index (χ2v) is 5.30. The summed E-state index contributed by atoms with van der Waals surface area (Å²) < 4.78 is 25.4. The summed E-state index contributed by atoms with van der Waals surface area (Å²) in [5.74, 6) is 0. The van der Waals surface area contributed by atoms with Crippen LogP contribution in [0.15, 0.2) is 29.2 Å². The topological polar surface area (TPSA) is 66.5 Å². The summed E-state index contributed by atoms with van der Waals surface area (Å²) >= 11 is 0. The van der Waals surface area contributed by atoms with Crippen LogP contribution < -0.4 is 4.72 Å². The van der Waals surface area contributed by atoms with Crippen molar-refractivity contribution < 1.29 is 13.2 Å². The number of urea groups is 1. The molecule has 0 bridgehead atoms. The number of nitrogens with zero attached hydrogens (tertiary/aromatic N) is 1. The molecule has 0 saturated heterocycles. The number of aryl methyl sites for hydroxylation is 1. The van der Waals surface area contributed by atoms with Crippen LogP contribution in [0.25, 0.3) is 0 Å². The Bertz CT molecular complexity index is 477. The van der Waals surface area contributed by atoms with E-state index < -0.39 is 16.1 Å². The molecule has 0 spiro atoms. The number of amides is 2. The maximum absolute atomic E-state index is 11.7. The van der Waals surface area contributed by atoms with Crippen LogP contribution in [0.2, 0.25) is 0 Å². The van der Waals surface area contributed by atoms with Crippen LogP contribution in [-0.2, 0) is 10.0 Å². The molecule has 0 saturated carbocycles. The van der Waals surface area contributed by atoms with Crippen LogP contribution in [0.3, 0.4) is 0 Å². The Labute approximate surface area is 95.1 Å². The number of hydrogen-bond acceptors (Lipinski definition) is 3. The largest absolute Gasteiger partial charge is 0.330 e. The molecule has 0 heterocycles. The molecule has 0 atom stereocenters. The number of sulfonamides is 1. The molecule has 0 unspecified atom stereocenters. The zero-order chi connectivity index (χ0) is 12.3. The lowest BCUT2D eigenvalue weighted by Crippen LogP contribution is -2.38. The van der Waals surface area contributed by atoms with Gasteiger partial charge < -0.3 is 4.90 Å². The van der Waals surface area contributed by atoms with Crippen molar-refractivity contribution in [2.24, 2.45) is 0 Å². The molecule has 16 heavy (non-hydrogen) atoms. The van der Waals surface area contributed by atoms with Crippen molar-refractivity contribution >= 4 is 16.1 Å². The van der Waals surface area contributed by atoms with Crippen molar-refractivity contribution in [3.8, 4) is 0 Å². The van der Waals surface area contributed by atoms with Gasteiger partial charge >= 0.3 is 6.03 Å². The summed E-state index contributed by atoms with van der Waals surface area (Å²) in [5, 5.41) is 0. The van der Waals surface area contributed by atoms with Crippen molar-refractivity contribution in [1.82, 2.24) is 9.62 Å². The van der Waals surface area contributed by atoms with E-state index in [4.69, 9.17) is 0 Å². The van der Waals surface area contributed by atoms with Crippen molar-refractivity contribution in [2.45, 2.75) is 11.8 Å². The van der Waals surface area contributed by atoms with Gasteiger partial charge in [0.15, 0.2) is 0 Å². The number of benzene rings is 1. The van der Waals surface area contributed by atoms with Gasteiger partial charge in [0, 0.05) is 14.1 Å². The highest BCUT2D eigenvalue weighted by molar-refractivity contribution is 7.90. The number of rotatable bonds is 2. The maximum Gasteiger partial charge on any atom is 0.330 e. The number of carbonyl (C=O) groups is 1. The smallest absolute Gasteiger partial charge is 0.330 e. The summed E-state index contributed by atoms with van der Waals surface area (Å²) in [6.07, 6.45) is 0. The molecule has 0 aliphatic rings. The van der Waals surface area contributed by atoms with Crippen LogP contribution >= 0.6 is 0 Å². The molecule has 5 nitrogen and oxygen atoms in total. The average molecular weight is 242 g/mol. The van der Waals surface area contributed by atoms with Crippen LogP contribution in [0.1, 0.15) is 5.56 Å². The van der Waals surface area contributed by atoms with Crippen molar-refractivity contribution in [2.75, 3.05) is 14.1 Å². The third-order valence-corrected chi connectivity index (χ3v) is 3.30. The van der Waals surface area contributed by atoms with E-state index in [2.05, 4.69) is 0 Å². The summed E-state index contributed by atoms with van der Waals surface area (Å²) in [4.78, 5) is 12.5. The predicted molar refractivity (Wildman–Crippen MR) is 60.6 cm³/mol. The molecule has 1 aromatic rings. The molecule has 0 aliphatic carbocycles. The monoisotopic (exact) mass is 242 g/mol. The molecular formula is C10H14N2O3S. The first kappa shape index (κ1) is 12.5. The quantitative estimate of drug-likeness (QED) is 0.839. The second-order valence-electron chi connectivity index (χ2n) is 3.62. The minimum atomic E-state index is -3.76. The molecule has 1 aromatic carbocycles. The number of hydrogen-bond donors (Lipinski definition) is 1. The molecule has 2 amide bonds. The molecule has 1 N–H and O–H groups in total.